The number of rotatable bonds is 3. The zero-order chi connectivity index (χ0) is 17.7. The van der Waals surface area contributed by atoms with Crippen LogP contribution in [0.15, 0.2) is 12.1 Å². The van der Waals surface area contributed by atoms with E-state index in [0.717, 1.165) is 26.1 Å². The van der Waals surface area contributed by atoms with Gasteiger partial charge in [-0.3, -0.25) is 9.69 Å². The molecular weight excluding hydrogens is 361 g/mol. The van der Waals surface area contributed by atoms with Gasteiger partial charge >= 0.3 is 0 Å². The van der Waals surface area contributed by atoms with Crippen molar-refractivity contribution in [2.45, 2.75) is 31.3 Å². The zero-order valence-corrected chi connectivity index (χ0v) is 15.7. The van der Waals surface area contributed by atoms with Crippen LogP contribution >= 0.6 is 23.2 Å². The monoisotopic (exact) mass is 383 g/mol. The maximum Gasteiger partial charge on any atom is 0.237 e. The van der Waals surface area contributed by atoms with Gasteiger partial charge < -0.3 is 15.3 Å². The summed E-state index contributed by atoms with van der Waals surface area (Å²) < 4.78 is 0. The molecule has 136 valence electrons. The number of carbonyl (C=O) groups is 1. The van der Waals surface area contributed by atoms with Crippen molar-refractivity contribution in [3.05, 3.63) is 27.7 Å². The molecule has 0 radical (unpaired) electrons. The topological polar surface area (TPSA) is 55.8 Å². The predicted octanol–water partition coefficient (Wildman–Crippen LogP) is 2.31. The average molecular weight is 384 g/mol. The van der Waals surface area contributed by atoms with E-state index < -0.39 is 0 Å². The van der Waals surface area contributed by atoms with E-state index in [1.165, 1.54) is 0 Å². The second kappa shape index (κ2) is 6.62. The first-order chi connectivity index (χ1) is 12.0. The van der Waals surface area contributed by atoms with Crippen molar-refractivity contribution in [1.82, 2.24) is 15.1 Å². The number of nitrogens with zero attached hydrogens (tertiary/aromatic N) is 2. The fourth-order valence-electron chi connectivity index (χ4n) is 4.41. The summed E-state index contributed by atoms with van der Waals surface area (Å²) >= 11 is 12.5. The number of hydrogen-bond donors (Lipinski definition) is 2. The van der Waals surface area contributed by atoms with Crippen molar-refractivity contribution in [2.75, 3.05) is 32.7 Å². The van der Waals surface area contributed by atoms with Crippen LogP contribution in [0.3, 0.4) is 0 Å². The van der Waals surface area contributed by atoms with Crippen LogP contribution in [0.5, 0.6) is 5.75 Å². The van der Waals surface area contributed by atoms with Crippen molar-refractivity contribution >= 4 is 29.1 Å². The van der Waals surface area contributed by atoms with E-state index in [-0.39, 0.29) is 23.6 Å². The molecule has 3 aliphatic rings. The third-order valence-electron chi connectivity index (χ3n) is 6.11. The number of aromatic hydroxyl groups is 1. The molecule has 1 aromatic carbocycles. The van der Waals surface area contributed by atoms with Gasteiger partial charge in [-0.15, -0.1) is 0 Å². The number of hydrogen-bond acceptors (Lipinski definition) is 4. The Bertz CT molecular complexity index is 695. The Labute approximate surface area is 157 Å². The van der Waals surface area contributed by atoms with Gasteiger partial charge in [-0.25, -0.2) is 0 Å². The Morgan fingerprint density at radius 1 is 1.28 bits per heavy atom. The standard InChI is InChI=1S/C18H23Cl2N3O2/c1-10(12-5-21-6-12)22-8-13-4-11(7-23(13)16(25)9-22)17-15(24)3-2-14(19)18(17)20/h2-3,10-13,21,24H,4-9H2,1H3/t10?,11-,13-/m0/s1. The Kier molecular flexibility index (Phi) is 4.61. The van der Waals surface area contributed by atoms with Crippen molar-refractivity contribution < 1.29 is 9.90 Å². The van der Waals surface area contributed by atoms with Crippen LogP contribution in [-0.2, 0) is 4.79 Å². The molecule has 0 aromatic heterocycles. The minimum absolute atomic E-state index is 0.0285. The summed E-state index contributed by atoms with van der Waals surface area (Å²) in [5, 5.41) is 14.4. The van der Waals surface area contributed by atoms with Crippen LogP contribution in [0.1, 0.15) is 24.8 Å². The van der Waals surface area contributed by atoms with Gasteiger partial charge in [0.2, 0.25) is 5.91 Å². The minimum Gasteiger partial charge on any atom is -0.508 e. The Morgan fingerprint density at radius 3 is 2.72 bits per heavy atom. The minimum atomic E-state index is 0.0285. The fraction of sp³-hybridized carbons (Fsp3) is 0.611. The summed E-state index contributed by atoms with van der Waals surface area (Å²) in [6.45, 7) is 6.27. The number of piperazine rings is 1. The highest BCUT2D eigenvalue weighted by molar-refractivity contribution is 6.42. The largest absolute Gasteiger partial charge is 0.508 e. The molecule has 3 atom stereocenters. The lowest BCUT2D eigenvalue weighted by Crippen LogP contribution is -2.61. The summed E-state index contributed by atoms with van der Waals surface area (Å²) in [4.78, 5) is 17.0. The van der Waals surface area contributed by atoms with Gasteiger partial charge in [0.05, 0.1) is 16.6 Å². The van der Waals surface area contributed by atoms with Gasteiger partial charge in [0.1, 0.15) is 5.75 Å². The van der Waals surface area contributed by atoms with Crippen molar-refractivity contribution in [3.8, 4) is 5.75 Å². The van der Waals surface area contributed by atoms with E-state index in [1.54, 1.807) is 12.1 Å². The van der Waals surface area contributed by atoms with Gasteiger partial charge in [0.25, 0.3) is 0 Å². The van der Waals surface area contributed by atoms with Crippen LogP contribution in [0.25, 0.3) is 0 Å². The number of nitrogens with one attached hydrogen (secondary N) is 1. The molecule has 25 heavy (non-hydrogen) atoms. The molecule has 3 saturated heterocycles. The lowest BCUT2D eigenvalue weighted by atomic mass is 9.92. The molecule has 0 bridgehead atoms. The van der Waals surface area contributed by atoms with Crippen molar-refractivity contribution in [2.24, 2.45) is 5.92 Å². The van der Waals surface area contributed by atoms with E-state index in [1.807, 2.05) is 4.90 Å². The third kappa shape index (κ3) is 3.01. The molecular formula is C18H23Cl2N3O2. The summed E-state index contributed by atoms with van der Waals surface area (Å²) in [5.41, 5.74) is 0.680. The lowest BCUT2D eigenvalue weighted by molar-refractivity contribution is -0.139. The molecule has 0 aliphatic carbocycles. The smallest absolute Gasteiger partial charge is 0.237 e. The number of phenols is 1. The highest BCUT2D eigenvalue weighted by atomic mass is 35.5. The number of fused-ring (bicyclic) bond motifs is 1. The highest BCUT2D eigenvalue weighted by Gasteiger charge is 2.44. The number of carbonyl (C=O) groups excluding carboxylic acids is 1. The lowest BCUT2D eigenvalue weighted by Gasteiger charge is -2.44. The van der Waals surface area contributed by atoms with Crippen molar-refractivity contribution in [3.63, 3.8) is 0 Å². The van der Waals surface area contributed by atoms with Gasteiger partial charge in [-0.05, 0) is 31.4 Å². The highest BCUT2D eigenvalue weighted by Crippen LogP contribution is 2.43. The molecule has 0 spiro atoms. The third-order valence-corrected chi connectivity index (χ3v) is 6.93. The Balaban J connectivity index is 1.53. The summed E-state index contributed by atoms with van der Waals surface area (Å²) in [6, 6.07) is 3.78. The quantitative estimate of drug-likeness (QED) is 0.840. The second-order valence-electron chi connectivity index (χ2n) is 7.52. The van der Waals surface area contributed by atoms with Crippen LogP contribution in [0.4, 0.5) is 0 Å². The maximum absolute atomic E-state index is 12.7. The summed E-state index contributed by atoms with van der Waals surface area (Å²) in [7, 11) is 0. The van der Waals surface area contributed by atoms with Crippen LogP contribution in [-0.4, -0.2) is 65.6 Å². The average Bonchev–Trinajstić information content (AvgIpc) is 2.94. The van der Waals surface area contributed by atoms with E-state index >= 15 is 0 Å². The number of halogens is 2. The first kappa shape index (κ1) is 17.4. The van der Waals surface area contributed by atoms with E-state index in [0.29, 0.717) is 40.7 Å². The van der Waals surface area contributed by atoms with Gasteiger partial charge in [0, 0.05) is 49.7 Å². The molecule has 3 fully saturated rings. The van der Waals surface area contributed by atoms with Crippen molar-refractivity contribution in [1.29, 1.82) is 0 Å². The fourth-order valence-corrected chi connectivity index (χ4v) is 4.89. The molecule has 4 rings (SSSR count). The first-order valence-electron chi connectivity index (χ1n) is 8.86. The molecule has 2 N–H and O–H groups in total. The van der Waals surface area contributed by atoms with Crippen LogP contribution < -0.4 is 5.32 Å². The second-order valence-corrected chi connectivity index (χ2v) is 8.30. The maximum atomic E-state index is 12.7. The van der Waals surface area contributed by atoms with Crippen LogP contribution in [0, 0.1) is 5.92 Å². The molecule has 0 saturated carbocycles. The van der Waals surface area contributed by atoms with E-state index in [9.17, 15) is 9.90 Å². The summed E-state index contributed by atoms with van der Waals surface area (Å²) in [5.74, 6) is 0.997. The number of amides is 1. The Hall–Kier alpha value is -1.01. The van der Waals surface area contributed by atoms with Gasteiger partial charge in [0.15, 0.2) is 0 Å². The first-order valence-corrected chi connectivity index (χ1v) is 9.62. The zero-order valence-electron chi connectivity index (χ0n) is 14.2. The Morgan fingerprint density at radius 2 is 2.04 bits per heavy atom. The molecule has 7 heteroatoms. The SMILES string of the molecule is CC(C1CNC1)N1CC(=O)N2C[C@@H](c3c(O)ccc(Cl)c3Cl)C[C@H]2C1. The molecule has 3 heterocycles. The predicted molar refractivity (Wildman–Crippen MR) is 98.4 cm³/mol. The number of benzene rings is 1. The van der Waals surface area contributed by atoms with E-state index in [2.05, 4.69) is 17.1 Å². The molecule has 5 nitrogen and oxygen atoms in total. The molecule has 1 unspecified atom stereocenters. The van der Waals surface area contributed by atoms with Gasteiger partial charge in [-0.1, -0.05) is 23.2 Å². The van der Waals surface area contributed by atoms with Gasteiger partial charge in [-0.2, -0.15) is 0 Å². The number of phenolic OH excluding ortho intramolecular Hbond substituents is 1. The molecule has 1 aromatic rings. The van der Waals surface area contributed by atoms with Crippen LogP contribution in [0.2, 0.25) is 10.0 Å². The normalized spacial score (nSPS) is 28.8. The molecule has 3 aliphatic heterocycles. The van der Waals surface area contributed by atoms with E-state index in [4.69, 9.17) is 23.2 Å². The molecule has 1 amide bonds. The summed E-state index contributed by atoms with van der Waals surface area (Å²) in [6.07, 6.45) is 0.811.